The minimum atomic E-state index is 1.13. The first kappa shape index (κ1) is 9.91. The average molecular weight is 219 g/mol. The molecule has 1 N–H and O–H groups in total. The molecule has 0 amide bonds. The third-order valence-electron chi connectivity index (χ3n) is 3.12. The number of rotatable bonds is 2. The Morgan fingerprint density at radius 3 is 1.65 bits per heavy atom. The molecule has 0 radical (unpaired) electrons. The van der Waals surface area contributed by atoms with Gasteiger partial charge in [0.05, 0.1) is 0 Å². The van der Waals surface area contributed by atoms with Gasteiger partial charge in [-0.2, -0.15) is 0 Å². The second-order valence-corrected chi connectivity index (χ2v) is 4.14. The quantitative estimate of drug-likeness (QED) is 0.648. The number of hydrogen-bond acceptors (Lipinski definition) is 0. The Morgan fingerprint density at radius 2 is 1.24 bits per heavy atom. The lowest BCUT2D eigenvalue weighted by Crippen LogP contribution is -1.71. The topological polar surface area (TPSA) is 15.8 Å². The number of benzene rings is 2. The highest BCUT2D eigenvalue weighted by atomic mass is 14.7. The summed E-state index contributed by atoms with van der Waals surface area (Å²) in [6, 6.07) is 12.7. The van der Waals surface area contributed by atoms with Crippen LogP contribution in [-0.4, -0.2) is 4.98 Å². The molecule has 2 aromatic carbocycles. The maximum absolute atomic E-state index is 3.79. The van der Waals surface area contributed by atoms with Crippen LogP contribution in [0.25, 0.3) is 34.0 Å². The van der Waals surface area contributed by atoms with Gasteiger partial charge in [-0.3, -0.25) is 0 Å². The normalized spacial score (nSPS) is 10.8. The molecule has 0 aliphatic carbocycles. The van der Waals surface area contributed by atoms with E-state index in [2.05, 4.69) is 54.5 Å². The second kappa shape index (κ2) is 3.63. The zero-order valence-corrected chi connectivity index (χ0v) is 9.53. The van der Waals surface area contributed by atoms with Gasteiger partial charge in [0.1, 0.15) is 0 Å². The summed E-state index contributed by atoms with van der Waals surface area (Å²) >= 11 is 0. The first-order valence-electron chi connectivity index (χ1n) is 5.62. The van der Waals surface area contributed by atoms with Gasteiger partial charge in [-0.1, -0.05) is 49.6 Å². The van der Waals surface area contributed by atoms with Gasteiger partial charge in [-0.05, 0) is 23.3 Å². The van der Waals surface area contributed by atoms with Crippen molar-refractivity contribution in [3.8, 4) is 0 Å². The van der Waals surface area contributed by atoms with Crippen molar-refractivity contribution >= 4 is 34.0 Å². The molecule has 1 nitrogen and oxygen atoms in total. The smallest absolute Gasteiger partial charge is 0.0470 e. The minimum absolute atomic E-state index is 1.13. The molecule has 1 heterocycles. The predicted octanol–water partition coefficient (Wildman–Crippen LogP) is 4.61. The van der Waals surface area contributed by atoms with Crippen LogP contribution in [0.1, 0.15) is 11.1 Å². The van der Waals surface area contributed by atoms with Crippen LogP contribution in [-0.2, 0) is 0 Å². The van der Waals surface area contributed by atoms with Crippen molar-refractivity contribution in [2.75, 3.05) is 0 Å². The van der Waals surface area contributed by atoms with E-state index in [0.29, 0.717) is 0 Å². The lowest BCUT2D eigenvalue weighted by Gasteiger charge is -1.94. The molecule has 3 rings (SSSR count). The van der Waals surface area contributed by atoms with E-state index in [0.717, 1.165) is 22.2 Å². The maximum atomic E-state index is 3.79. The van der Waals surface area contributed by atoms with Crippen molar-refractivity contribution in [2.24, 2.45) is 0 Å². The van der Waals surface area contributed by atoms with Crippen molar-refractivity contribution in [2.45, 2.75) is 0 Å². The van der Waals surface area contributed by atoms with E-state index >= 15 is 0 Å². The van der Waals surface area contributed by atoms with Gasteiger partial charge in [0.2, 0.25) is 0 Å². The van der Waals surface area contributed by atoms with Crippen LogP contribution in [0.4, 0.5) is 0 Å². The molecular weight excluding hydrogens is 206 g/mol. The summed E-state index contributed by atoms with van der Waals surface area (Å²) in [6.45, 7) is 7.58. The summed E-state index contributed by atoms with van der Waals surface area (Å²) in [7, 11) is 0. The highest BCUT2D eigenvalue weighted by Crippen LogP contribution is 2.27. The monoisotopic (exact) mass is 219 g/mol. The van der Waals surface area contributed by atoms with Crippen molar-refractivity contribution in [1.82, 2.24) is 4.98 Å². The van der Waals surface area contributed by atoms with Crippen LogP contribution in [0, 0.1) is 0 Å². The third kappa shape index (κ3) is 1.48. The Bertz CT molecular complexity index is 669. The largest absolute Gasteiger partial charge is 0.354 e. The van der Waals surface area contributed by atoms with Crippen LogP contribution in [0.2, 0.25) is 0 Å². The number of aromatic amines is 1. The Kier molecular flexibility index (Phi) is 2.12. The highest BCUT2D eigenvalue weighted by molar-refractivity contribution is 6.08. The van der Waals surface area contributed by atoms with Gasteiger partial charge < -0.3 is 4.98 Å². The molecule has 0 unspecified atom stereocenters. The van der Waals surface area contributed by atoms with Crippen molar-refractivity contribution in [1.29, 1.82) is 0 Å². The third-order valence-corrected chi connectivity index (χ3v) is 3.12. The molecule has 3 aromatic rings. The highest BCUT2D eigenvalue weighted by Gasteiger charge is 2.04. The van der Waals surface area contributed by atoms with Crippen molar-refractivity contribution in [3.05, 3.63) is 60.7 Å². The van der Waals surface area contributed by atoms with E-state index in [4.69, 9.17) is 0 Å². The summed E-state index contributed by atoms with van der Waals surface area (Å²) in [5.41, 5.74) is 4.57. The van der Waals surface area contributed by atoms with Crippen molar-refractivity contribution < 1.29 is 0 Å². The van der Waals surface area contributed by atoms with E-state index in [1.54, 1.807) is 0 Å². The molecule has 1 aromatic heterocycles. The van der Waals surface area contributed by atoms with Crippen LogP contribution in [0.15, 0.2) is 49.6 Å². The van der Waals surface area contributed by atoms with E-state index in [-0.39, 0.29) is 0 Å². The molecule has 1 heteroatoms. The molecule has 0 fully saturated rings. The second-order valence-electron chi connectivity index (χ2n) is 4.14. The molecule has 0 bridgehead atoms. The Hall–Kier alpha value is -2.28. The molecule has 0 spiro atoms. The van der Waals surface area contributed by atoms with Crippen LogP contribution < -0.4 is 0 Å². The summed E-state index contributed by atoms with van der Waals surface area (Å²) in [5.74, 6) is 0. The lowest BCUT2D eigenvalue weighted by atomic mass is 10.1. The lowest BCUT2D eigenvalue weighted by molar-refractivity contribution is 1.53. The molecule has 0 saturated heterocycles. The standard InChI is InChI=1S/C16H13N/c1-3-11-5-7-13-14-8-6-12(4-2)10-16(14)17-15(13)9-11/h3-10,17H,1-2H2. The minimum Gasteiger partial charge on any atom is -0.354 e. The van der Waals surface area contributed by atoms with Crippen molar-refractivity contribution in [3.63, 3.8) is 0 Å². The Morgan fingerprint density at radius 1 is 0.765 bits per heavy atom. The number of nitrogens with one attached hydrogen (secondary N) is 1. The zero-order chi connectivity index (χ0) is 11.8. The summed E-state index contributed by atoms with van der Waals surface area (Å²) < 4.78 is 0. The van der Waals surface area contributed by atoms with E-state index in [9.17, 15) is 0 Å². The Labute approximate surface area is 100 Å². The first-order valence-corrected chi connectivity index (χ1v) is 5.62. The van der Waals surface area contributed by atoms with Crippen LogP contribution in [0.3, 0.4) is 0 Å². The van der Waals surface area contributed by atoms with E-state index in [1.807, 2.05) is 12.2 Å². The van der Waals surface area contributed by atoms with E-state index < -0.39 is 0 Å². The molecule has 0 saturated carbocycles. The van der Waals surface area contributed by atoms with E-state index in [1.165, 1.54) is 10.8 Å². The van der Waals surface area contributed by atoms with Gasteiger partial charge in [0.25, 0.3) is 0 Å². The number of hydrogen-bond donors (Lipinski definition) is 1. The molecule has 0 aliphatic rings. The molecular formula is C16H13N. The number of fused-ring (bicyclic) bond motifs is 3. The summed E-state index contributed by atoms with van der Waals surface area (Å²) in [5, 5.41) is 2.50. The first-order chi connectivity index (χ1) is 8.31. The van der Waals surface area contributed by atoms with Crippen LogP contribution >= 0.6 is 0 Å². The number of H-pyrrole nitrogens is 1. The average Bonchev–Trinajstić information content (AvgIpc) is 2.74. The van der Waals surface area contributed by atoms with Gasteiger partial charge in [0, 0.05) is 21.8 Å². The van der Waals surface area contributed by atoms with Gasteiger partial charge in [0.15, 0.2) is 0 Å². The van der Waals surface area contributed by atoms with Gasteiger partial charge >= 0.3 is 0 Å². The molecule has 82 valence electrons. The van der Waals surface area contributed by atoms with Gasteiger partial charge in [-0.15, -0.1) is 0 Å². The van der Waals surface area contributed by atoms with Gasteiger partial charge in [-0.25, -0.2) is 0 Å². The summed E-state index contributed by atoms with van der Waals surface area (Å²) in [6.07, 6.45) is 3.72. The fraction of sp³-hybridized carbons (Fsp3) is 0. The molecule has 0 aliphatic heterocycles. The fourth-order valence-corrected chi connectivity index (χ4v) is 2.20. The fourth-order valence-electron chi connectivity index (χ4n) is 2.20. The van der Waals surface area contributed by atoms with Crippen LogP contribution in [0.5, 0.6) is 0 Å². The zero-order valence-electron chi connectivity index (χ0n) is 9.53. The molecule has 17 heavy (non-hydrogen) atoms. The number of aromatic nitrogens is 1. The summed E-state index contributed by atoms with van der Waals surface area (Å²) in [4.78, 5) is 3.43. The maximum Gasteiger partial charge on any atom is 0.0470 e. The SMILES string of the molecule is C=Cc1ccc2c(c1)[nH]c1cc(C=C)ccc12. The predicted molar refractivity (Wildman–Crippen MR) is 76.0 cm³/mol. The molecule has 0 atom stereocenters. The Balaban J connectivity index is 2.39.